The molecule has 13 heavy (non-hydrogen) atoms. The summed E-state index contributed by atoms with van der Waals surface area (Å²) in [5, 5.41) is 0. The smallest absolute Gasteiger partial charge is 0.264 e. The van der Waals surface area contributed by atoms with E-state index in [1.54, 1.807) is 10.6 Å². The van der Waals surface area contributed by atoms with Crippen LogP contribution in [-0.2, 0) is 6.54 Å². The number of hydrogen-bond acceptors (Lipinski definition) is 1. The van der Waals surface area contributed by atoms with Crippen LogP contribution in [0.2, 0.25) is 0 Å². The fraction of sp³-hybridized carbons (Fsp3) is 0.444. The highest BCUT2D eigenvalue weighted by Gasteiger charge is 2.04. The van der Waals surface area contributed by atoms with Gasteiger partial charge >= 0.3 is 0 Å². The van der Waals surface area contributed by atoms with Crippen molar-refractivity contribution in [1.29, 1.82) is 0 Å². The van der Waals surface area contributed by atoms with Crippen LogP contribution < -0.4 is 5.56 Å². The number of nitrogens with zero attached hydrogens (tertiary/aromatic N) is 1. The Kier molecular flexibility index (Phi) is 3.74. The van der Waals surface area contributed by atoms with Gasteiger partial charge in [-0.15, -0.1) is 0 Å². The van der Waals surface area contributed by atoms with E-state index in [0.29, 0.717) is 10.4 Å². The molecule has 0 bridgehead atoms. The predicted octanol–water partition coefficient (Wildman–Crippen LogP) is 3.03. The second-order valence-electron chi connectivity index (χ2n) is 3.36. The maximum atomic E-state index is 11.6. The first-order valence-electron chi connectivity index (χ1n) is 4.06. The van der Waals surface area contributed by atoms with Crippen molar-refractivity contribution >= 4 is 31.9 Å². The Morgan fingerprint density at radius 1 is 1.46 bits per heavy atom. The summed E-state index contributed by atoms with van der Waals surface area (Å²) in [7, 11) is 0. The summed E-state index contributed by atoms with van der Waals surface area (Å²) in [5.41, 5.74) is 0.0249. The molecular formula is C9H11Br2NO. The third kappa shape index (κ3) is 2.95. The van der Waals surface area contributed by atoms with Gasteiger partial charge in [-0.05, 0) is 43.8 Å². The van der Waals surface area contributed by atoms with Crippen LogP contribution >= 0.6 is 31.9 Å². The van der Waals surface area contributed by atoms with Gasteiger partial charge in [-0.25, -0.2) is 0 Å². The molecule has 1 aromatic heterocycles. The van der Waals surface area contributed by atoms with Crippen LogP contribution in [0.3, 0.4) is 0 Å². The molecule has 0 aromatic carbocycles. The molecule has 0 aliphatic rings. The molecule has 1 rings (SSSR count). The summed E-state index contributed by atoms with van der Waals surface area (Å²) in [6.07, 6.45) is 1.81. The molecule has 1 aromatic rings. The van der Waals surface area contributed by atoms with Gasteiger partial charge in [-0.1, -0.05) is 13.8 Å². The molecular weight excluding hydrogens is 298 g/mol. The van der Waals surface area contributed by atoms with Crippen molar-refractivity contribution in [3.05, 3.63) is 31.6 Å². The summed E-state index contributed by atoms with van der Waals surface area (Å²) < 4.78 is 3.22. The van der Waals surface area contributed by atoms with Crippen LogP contribution in [0, 0.1) is 5.92 Å². The van der Waals surface area contributed by atoms with E-state index < -0.39 is 0 Å². The lowest BCUT2D eigenvalue weighted by Crippen LogP contribution is -2.22. The lowest BCUT2D eigenvalue weighted by molar-refractivity contribution is 0.509. The topological polar surface area (TPSA) is 22.0 Å². The fourth-order valence-corrected chi connectivity index (χ4v) is 2.35. The number of rotatable bonds is 2. The molecule has 0 atom stereocenters. The Bertz CT molecular complexity index is 357. The molecule has 0 saturated heterocycles. The summed E-state index contributed by atoms with van der Waals surface area (Å²) in [4.78, 5) is 11.6. The molecule has 0 aliphatic carbocycles. The third-order valence-electron chi connectivity index (χ3n) is 1.57. The van der Waals surface area contributed by atoms with E-state index in [1.807, 2.05) is 6.20 Å². The highest BCUT2D eigenvalue weighted by atomic mass is 79.9. The van der Waals surface area contributed by atoms with Gasteiger partial charge in [0.05, 0.1) is 4.47 Å². The molecule has 1 heterocycles. The fourth-order valence-electron chi connectivity index (χ4n) is 1.09. The summed E-state index contributed by atoms with van der Waals surface area (Å²) in [5.74, 6) is 0.471. The summed E-state index contributed by atoms with van der Waals surface area (Å²) in [6, 6.07) is 1.76. The molecule has 4 heteroatoms. The minimum Gasteiger partial charge on any atom is -0.313 e. The second kappa shape index (κ2) is 4.42. The standard InChI is InChI=1S/C9H11Br2NO/c1-6(2)4-12-5-7(10)3-8(11)9(12)13/h3,5-6H,4H2,1-2H3. The van der Waals surface area contributed by atoms with Gasteiger partial charge in [-0.3, -0.25) is 4.79 Å². The molecule has 72 valence electrons. The Balaban J connectivity index is 3.13. The van der Waals surface area contributed by atoms with E-state index in [1.165, 1.54) is 0 Å². The van der Waals surface area contributed by atoms with Crippen LogP contribution in [0.5, 0.6) is 0 Å². The first-order valence-corrected chi connectivity index (χ1v) is 5.65. The van der Waals surface area contributed by atoms with E-state index in [2.05, 4.69) is 45.7 Å². The molecule has 2 nitrogen and oxygen atoms in total. The van der Waals surface area contributed by atoms with Crippen molar-refractivity contribution in [3.8, 4) is 0 Å². The molecule has 0 fully saturated rings. The van der Waals surface area contributed by atoms with E-state index in [4.69, 9.17) is 0 Å². The molecule has 0 saturated carbocycles. The average Bonchev–Trinajstić information content (AvgIpc) is 1.98. The summed E-state index contributed by atoms with van der Waals surface area (Å²) >= 11 is 6.57. The van der Waals surface area contributed by atoms with Crippen molar-refractivity contribution in [3.63, 3.8) is 0 Å². The van der Waals surface area contributed by atoms with E-state index in [0.717, 1.165) is 11.0 Å². The second-order valence-corrected chi connectivity index (χ2v) is 5.13. The maximum Gasteiger partial charge on any atom is 0.264 e. The van der Waals surface area contributed by atoms with Gasteiger partial charge in [0.25, 0.3) is 5.56 Å². The normalized spacial score (nSPS) is 10.8. The Morgan fingerprint density at radius 3 is 2.62 bits per heavy atom. The zero-order valence-electron chi connectivity index (χ0n) is 7.55. The molecule has 0 aliphatic heterocycles. The van der Waals surface area contributed by atoms with Crippen LogP contribution in [0.25, 0.3) is 0 Å². The number of halogens is 2. The van der Waals surface area contributed by atoms with Gasteiger partial charge in [0.15, 0.2) is 0 Å². The van der Waals surface area contributed by atoms with Crippen LogP contribution in [0.15, 0.2) is 26.0 Å². The zero-order chi connectivity index (χ0) is 10.0. The third-order valence-corrected chi connectivity index (χ3v) is 2.57. The Labute approximate surface area is 94.2 Å². The van der Waals surface area contributed by atoms with Crippen LogP contribution in [0.1, 0.15) is 13.8 Å². The minimum atomic E-state index is 0.0249. The van der Waals surface area contributed by atoms with Gasteiger partial charge in [0.1, 0.15) is 0 Å². The van der Waals surface area contributed by atoms with Crippen molar-refractivity contribution in [2.45, 2.75) is 20.4 Å². The minimum absolute atomic E-state index is 0.0249. The van der Waals surface area contributed by atoms with Crippen molar-refractivity contribution in [2.75, 3.05) is 0 Å². The molecule has 0 radical (unpaired) electrons. The Morgan fingerprint density at radius 2 is 2.08 bits per heavy atom. The van der Waals surface area contributed by atoms with Crippen molar-refractivity contribution < 1.29 is 0 Å². The highest BCUT2D eigenvalue weighted by molar-refractivity contribution is 9.11. The first kappa shape index (κ1) is 11.0. The van der Waals surface area contributed by atoms with Gasteiger partial charge in [0, 0.05) is 17.2 Å². The number of aromatic nitrogens is 1. The maximum absolute atomic E-state index is 11.6. The lowest BCUT2D eigenvalue weighted by Gasteiger charge is -2.09. The quantitative estimate of drug-likeness (QED) is 0.823. The van der Waals surface area contributed by atoms with Gasteiger partial charge < -0.3 is 4.57 Å². The van der Waals surface area contributed by atoms with Gasteiger partial charge in [-0.2, -0.15) is 0 Å². The predicted molar refractivity (Wildman–Crippen MR) is 60.9 cm³/mol. The van der Waals surface area contributed by atoms with Crippen molar-refractivity contribution in [1.82, 2.24) is 4.57 Å². The molecule has 0 spiro atoms. The Hall–Kier alpha value is -0.0900. The first-order chi connectivity index (χ1) is 6.00. The lowest BCUT2D eigenvalue weighted by atomic mass is 10.2. The van der Waals surface area contributed by atoms with E-state index in [9.17, 15) is 4.79 Å². The van der Waals surface area contributed by atoms with Crippen LogP contribution in [0.4, 0.5) is 0 Å². The molecule has 0 unspecified atom stereocenters. The van der Waals surface area contributed by atoms with Crippen LogP contribution in [-0.4, -0.2) is 4.57 Å². The SMILES string of the molecule is CC(C)Cn1cc(Br)cc(Br)c1=O. The number of hydrogen-bond donors (Lipinski definition) is 0. The van der Waals surface area contributed by atoms with Gasteiger partial charge in [0.2, 0.25) is 0 Å². The van der Waals surface area contributed by atoms with Crippen molar-refractivity contribution in [2.24, 2.45) is 5.92 Å². The average molecular weight is 309 g/mol. The molecule has 0 N–H and O–H groups in total. The van der Waals surface area contributed by atoms with E-state index in [-0.39, 0.29) is 5.56 Å². The number of pyridine rings is 1. The summed E-state index contributed by atoms with van der Waals surface area (Å²) in [6.45, 7) is 4.92. The highest BCUT2D eigenvalue weighted by Crippen LogP contribution is 2.13. The monoisotopic (exact) mass is 307 g/mol. The largest absolute Gasteiger partial charge is 0.313 e. The zero-order valence-corrected chi connectivity index (χ0v) is 10.7. The van der Waals surface area contributed by atoms with E-state index >= 15 is 0 Å². The molecule has 0 amide bonds.